The Labute approximate surface area is 120 Å². The van der Waals surface area contributed by atoms with E-state index in [1.807, 2.05) is 51.1 Å². The highest BCUT2D eigenvalue weighted by Crippen LogP contribution is 2.16. The summed E-state index contributed by atoms with van der Waals surface area (Å²) in [5.41, 5.74) is 1.18. The first-order valence-corrected chi connectivity index (χ1v) is 7.13. The van der Waals surface area contributed by atoms with Gasteiger partial charge in [0.25, 0.3) is 0 Å². The summed E-state index contributed by atoms with van der Waals surface area (Å²) >= 11 is 0. The smallest absolute Gasteiger partial charge is 0.246 e. The van der Waals surface area contributed by atoms with E-state index in [1.54, 1.807) is 4.90 Å². The van der Waals surface area contributed by atoms with Gasteiger partial charge in [-0.3, -0.25) is 9.59 Å². The predicted octanol–water partition coefficient (Wildman–Crippen LogP) is 1.60. The highest BCUT2D eigenvalue weighted by molar-refractivity contribution is 5.95. The Kier molecular flexibility index (Phi) is 4.42. The molecule has 1 N–H and O–H groups in total. The van der Waals surface area contributed by atoms with E-state index in [9.17, 15) is 9.59 Å². The van der Waals surface area contributed by atoms with Crippen molar-refractivity contribution in [1.82, 2.24) is 10.2 Å². The number of hydrogen-bond acceptors (Lipinski definition) is 2. The maximum absolute atomic E-state index is 12.5. The van der Waals surface area contributed by atoms with Crippen molar-refractivity contribution in [3.63, 3.8) is 0 Å². The monoisotopic (exact) mass is 274 g/mol. The van der Waals surface area contributed by atoms with Gasteiger partial charge >= 0.3 is 0 Å². The SMILES string of the molecule is CC(C)C1NC(=O)CN(C(C)Cc2ccccc2)C1=O. The summed E-state index contributed by atoms with van der Waals surface area (Å²) in [5.74, 6) is 0.0735. The molecule has 1 aliphatic rings. The third kappa shape index (κ3) is 3.18. The second-order valence-corrected chi connectivity index (χ2v) is 5.79. The first-order chi connectivity index (χ1) is 9.49. The minimum Gasteiger partial charge on any atom is -0.343 e. The molecule has 4 heteroatoms. The zero-order chi connectivity index (χ0) is 14.7. The molecule has 0 saturated carbocycles. The van der Waals surface area contributed by atoms with Crippen molar-refractivity contribution in [3.8, 4) is 0 Å². The molecule has 1 aromatic carbocycles. The molecule has 0 aliphatic carbocycles. The van der Waals surface area contributed by atoms with E-state index in [0.29, 0.717) is 0 Å². The van der Waals surface area contributed by atoms with Crippen molar-refractivity contribution in [1.29, 1.82) is 0 Å². The molecule has 2 rings (SSSR count). The van der Waals surface area contributed by atoms with Crippen molar-refractivity contribution in [2.75, 3.05) is 6.54 Å². The van der Waals surface area contributed by atoms with Crippen LogP contribution in [0, 0.1) is 5.92 Å². The lowest BCUT2D eigenvalue weighted by Gasteiger charge is -2.38. The van der Waals surface area contributed by atoms with Gasteiger partial charge in [-0.05, 0) is 24.8 Å². The number of carbonyl (C=O) groups is 2. The summed E-state index contributed by atoms with van der Waals surface area (Å²) < 4.78 is 0. The molecule has 0 aromatic heterocycles. The van der Waals surface area contributed by atoms with Gasteiger partial charge in [0.2, 0.25) is 11.8 Å². The van der Waals surface area contributed by atoms with Gasteiger partial charge < -0.3 is 10.2 Å². The van der Waals surface area contributed by atoms with Gasteiger partial charge in [0.1, 0.15) is 6.04 Å². The van der Waals surface area contributed by atoms with Crippen LogP contribution < -0.4 is 5.32 Å². The summed E-state index contributed by atoms with van der Waals surface area (Å²) in [6.45, 7) is 6.07. The number of rotatable bonds is 4. The minimum atomic E-state index is -0.394. The van der Waals surface area contributed by atoms with Crippen LogP contribution in [-0.4, -0.2) is 35.3 Å². The van der Waals surface area contributed by atoms with Gasteiger partial charge in [0, 0.05) is 6.04 Å². The molecule has 1 saturated heterocycles. The van der Waals surface area contributed by atoms with E-state index in [0.717, 1.165) is 6.42 Å². The van der Waals surface area contributed by atoms with Gasteiger partial charge in [0.05, 0.1) is 6.54 Å². The van der Waals surface area contributed by atoms with Crippen molar-refractivity contribution in [2.24, 2.45) is 5.92 Å². The predicted molar refractivity (Wildman–Crippen MR) is 78.1 cm³/mol. The van der Waals surface area contributed by atoms with Gasteiger partial charge in [-0.2, -0.15) is 0 Å². The molecule has 1 aliphatic heterocycles. The average Bonchev–Trinajstić information content (AvgIpc) is 2.41. The largest absolute Gasteiger partial charge is 0.343 e. The number of benzene rings is 1. The van der Waals surface area contributed by atoms with Crippen molar-refractivity contribution >= 4 is 11.8 Å². The molecule has 1 fully saturated rings. The number of nitrogens with one attached hydrogen (secondary N) is 1. The summed E-state index contributed by atoms with van der Waals surface area (Å²) in [7, 11) is 0. The zero-order valence-corrected chi connectivity index (χ0v) is 12.3. The van der Waals surface area contributed by atoms with Crippen LogP contribution in [-0.2, 0) is 16.0 Å². The molecule has 20 heavy (non-hydrogen) atoms. The molecule has 2 unspecified atom stereocenters. The van der Waals surface area contributed by atoms with Crippen molar-refractivity contribution in [2.45, 2.75) is 39.3 Å². The average molecular weight is 274 g/mol. The van der Waals surface area contributed by atoms with E-state index in [4.69, 9.17) is 0 Å². The third-order valence-electron chi connectivity index (χ3n) is 3.75. The quantitative estimate of drug-likeness (QED) is 0.906. The lowest BCUT2D eigenvalue weighted by atomic mass is 9.98. The van der Waals surface area contributed by atoms with Crippen LogP contribution in [0.25, 0.3) is 0 Å². The van der Waals surface area contributed by atoms with Gasteiger partial charge in [-0.25, -0.2) is 0 Å². The number of piperazine rings is 1. The molecule has 0 radical (unpaired) electrons. The molecular formula is C16H22N2O2. The third-order valence-corrected chi connectivity index (χ3v) is 3.75. The Morgan fingerprint density at radius 3 is 2.45 bits per heavy atom. The highest BCUT2D eigenvalue weighted by atomic mass is 16.2. The Balaban J connectivity index is 2.10. The summed E-state index contributed by atoms with van der Waals surface area (Å²) in [6, 6.07) is 9.68. The number of hydrogen-bond donors (Lipinski definition) is 1. The van der Waals surface area contributed by atoms with Crippen LogP contribution in [0.15, 0.2) is 30.3 Å². The van der Waals surface area contributed by atoms with Gasteiger partial charge in [-0.15, -0.1) is 0 Å². The molecule has 1 aromatic rings. The first-order valence-electron chi connectivity index (χ1n) is 7.13. The van der Waals surface area contributed by atoms with Crippen LogP contribution in [0.1, 0.15) is 26.3 Å². The molecule has 2 atom stereocenters. The van der Waals surface area contributed by atoms with E-state index in [1.165, 1.54) is 5.56 Å². The number of nitrogens with zero attached hydrogens (tertiary/aromatic N) is 1. The Morgan fingerprint density at radius 1 is 1.20 bits per heavy atom. The Morgan fingerprint density at radius 2 is 1.85 bits per heavy atom. The molecule has 1 heterocycles. The minimum absolute atomic E-state index is 0.0252. The van der Waals surface area contributed by atoms with E-state index >= 15 is 0 Å². The summed E-state index contributed by atoms with van der Waals surface area (Å²) in [6.07, 6.45) is 0.769. The van der Waals surface area contributed by atoms with Crippen LogP contribution in [0.5, 0.6) is 0 Å². The molecule has 2 amide bonds. The Hall–Kier alpha value is -1.84. The molecule has 0 bridgehead atoms. The summed E-state index contributed by atoms with van der Waals surface area (Å²) in [5, 5.41) is 2.78. The van der Waals surface area contributed by atoms with Crippen LogP contribution in [0.4, 0.5) is 0 Å². The highest BCUT2D eigenvalue weighted by Gasteiger charge is 2.36. The van der Waals surface area contributed by atoms with Crippen LogP contribution in [0.3, 0.4) is 0 Å². The standard InChI is InChI=1S/C16H22N2O2/c1-11(2)15-16(20)18(10-14(19)17-15)12(3)9-13-7-5-4-6-8-13/h4-8,11-12,15H,9-10H2,1-3H3,(H,17,19). The molecule has 0 spiro atoms. The zero-order valence-electron chi connectivity index (χ0n) is 12.3. The van der Waals surface area contributed by atoms with Crippen LogP contribution in [0.2, 0.25) is 0 Å². The molecular weight excluding hydrogens is 252 g/mol. The normalized spacial score (nSPS) is 21.0. The Bertz CT molecular complexity index is 485. The maximum Gasteiger partial charge on any atom is 0.246 e. The van der Waals surface area contributed by atoms with Crippen molar-refractivity contribution < 1.29 is 9.59 Å². The summed E-state index contributed by atoms with van der Waals surface area (Å²) in [4.78, 5) is 25.9. The lowest BCUT2D eigenvalue weighted by molar-refractivity contribution is -0.147. The van der Waals surface area contributed by atoms with E-state index < -0.39 is 6.04 Å². The topological polar surface area (TPSA) is 49.4 Å². The number of amides is 2. The maximum atomic E-state index is 12.5. The van der Waals surface area contributed by atoms with Crippen molar-refractivity contribution in [3.05, 3.63) is 35.9 Å². The molecule has 4 nitrogen and oxygen atoms in total. The fraction of sp³-hybridized carbons (Fsp3) is 0.500. The van der Waals surface area contributed by atoms with E-state index in [-0.39, 0.29) is 30.3 Å². The van der Waals surface area contributed by atoms with Gasteiger partial charge in [-0.1, -0.05) is 44.2 Å². The fourth-order valence-corrected chi connectivity index (χ4v) is 2.58. The van der Waals surface area contributed by atoms with E-state index in [2.05, 4.69) is 5.32 Å². The second-order valence-electron chi connectivity index (χ2n) is 5.79. The lowest BCUT2D eigenvalue weighted by Crippen LogP contribution is -2.62. The second kappa shape index (κ2) is 6.07. The van der Waals surface area contributed by atoms with Crippen LogP contribution >= 0.6 is 0 Å². The molecule has 108 valence electrons. The fourth-order valence-electron chi connectivity index (χ4n) is 2.58. The first kappa shape index (κ1) is 14.6. The van der Waals surface area contributed by atoms with Gasteiger partial charge in [0.15, 0.2) is 0 Å². The number of carbonyl (C=O) groups excluding carboxylic acids is 2.